The molecule has 0 saturated heterocycles. The highest BCUT2D eigenvalue weighted by atomic mass is 35.5. The van der Waals surface area contributed by atoms with Gasteiger partial charge < -0.3 is 9.09 Å². The minimum absolute atomic E-state index is 0.307. The van der Waals surface area contributed by atoms with E-state index in [1.807, 2.05) is 16.7 Å². The van der Waals surface area contributed by atoms with E-state index in [-0.39, 0.29) is 0 Å². The molecule has 0 aliphatic carbocycles. The van der Waals surface area contributed by atoms with Crippen LogP contribution in [0, 0.1) is 18.3 Å². The average Bonchev–Trinajstić information content (AvgIpc) is 3.07. The summed E-state index contributed by atoms with van der Waals surface area (Å²) in [5.74, 6) is 2.26. The van der Waals surface area contributed by atoms with E-state index in [4.69, 9.17) is 21.4 Å². The summed E-state index contributed by atoms with van der Waals surface area (Å²) in [7, 11) is 0. The fourth-order valence-corrected chi connectivity index (χ4v) is 2.45. The first-order chi connectivity index (χ1) is 10.2. The zero-order chi connectivity index (χ0) is 14.8. The minimum atomic E-state index is 0.307. The van der Waals surface area contributed by atoms with Crippen molar-refractivity contribution in [2.45, 2.75) is 25.8 Å². The van der Waals surface area contributed by atoms with Crippen molar-refractivity contribution < 1.29 is 4.52 Å². The second kappa shape index (κ2) is 5.54. The highest BCUT2D eigenvalue weighted by Gasteiger charge is 2.12. The lowest BCUT2D eigenvalue weighted by molar-refractivity contribution is 0.386. The molecule has 21 heavy (non-hydrogen) atoms. The Bertz CT molecular complexity index is 830. The van der Waals surface area contributed by atoms with Gasteiger partial charge in [0.25, 0.3) is 0 Å². The summed E-state index contributed by atoms with van der Waals surface area (Å²) in [5, 5.41) is 12.9. The van der Waals surface area contributed by atoms with Crippen molar-refractivity contribution >= 4 is 22.6 Å². The number of fused-ring (bicyclic) bond motifs is 1. The smallest absolute Gasteiger partial charge is 0.223 e. The summed E-state index contributed by atoms with van der Waals surface area (Å²) in [6.07, 6.45) is 0.615. The lowest BCUT2D eigenvalue weighted by atomic mass is 10.2. The van der Waals surface area contributed by atoms with Gasteiger partial charge in [-0.3, -0.25) is 0 Å². The third-order valence-corrected chi connectivity index (χ3v) is 3.44. The molecule has 0 saturated carbocycles. The van der Waals surface area contributed by atoms with Gasteiger partial charge in [0.1, 0.15) is 5.82 Å². The second-order valence-corrected chi connectivity index (χ2v) is 4.88. The van der Waals surface area contributed by atoms with Crippen LogP contribution in [0.1, 0.15) is 23.1 Å². The Balaban J connectivity index is 1.97. The predicted molar refractivity (Wildman–Crippen MR) is 76.7 cm³/mol. The molecule has 0 atom stereocenters. The third kappa shape index (κ3) is 2.60. The fraction of sp³-hybridized carbons (Fsp3) is 0.286. The van der Waals surface area contributed by atoms with Gasteiger partial charge in [0.05, 0.1) is 28.5 Å². The first-order valence-electron chi connectivity index (χ1n) is 6.45. The lowest BCUT2D eigenvalue weighted by Crippen LogP contribution is -2.06. The third-order valence-electron chi connectivity index (χ3n) is 3.20. The van der Waals surface area contributed by atoms with Gasteiger partial charge >= 0.3 is 0 Å². The van der Waals surface area contributed by atoms with Crippen LogP contribution in [0.3, 0.4) is 0 Å². The lowest BCUT2D eigenvalue weighted by Gasteiger charge is -2.05. The van der Waals surface area contributed by atoms with Gasteiger partial charge in [0, 0.05) is 19.9 Å². The number of hydrogen-bond donors (Lipinski definition) is 0. The molecule has 0 bridgehead atoms. The van der Waals surface area contributed by atoms with Crippen molar-refractivity contribution in [2.24, 2.45) is 0 Å². The number of aryl methyl sites for hydroxylation is 3. The monoisotopic (exact) mass is 301 g/mol. The van der Waals surface area contributed by atoms with Crippen molar-refractivity contribution in [2.75, 3.05) is 0 Å². The maximum absolute atomic E-state index is 9.02. The van der Waals surface area contributed by atoms with Crippen molar-refractivity contribution in [3.05, 3.63) is 41.3 Å². The van der Waals surface area contributed by atoms with Gasteiger partial charge in [-0.1, -0.05) is 5.16 Å². The maximum Gasteiger partial charge on any atom is 0.223 e. The largest absolute Gasteiger partial charge is 0.340 e. The van der Waals surface area contributed by atoms with Crippen LogP contribution < -0.4 is 0 Å². The van der Waals surface area contributed by atoms with E-state index in [0.29, 0.717) is 36.1 Å². The van der Waals surface area contributed by atoms with Crippen LogP contribution in [0.4, 0.5) is 0 Å². The van der Waals surface area contributed by atoms with Crippen LogP contribution in [0.15, 0.2) is 22.7 Å². The number of halogens is 1. The second-order valence-electron chi connectivity index (χ2n) is 4.61. The number of benzene rings is 1. The molecule has 0 aliphatic rings. The molecule has 3 rings (SSSR count). The molecule has 2 aromatic heterocycles. The molecule has 0 fully saturated rings. The Hall–Kier alpha value is -2.39. The molecule has 0 amide bonds. The number of rotatable bonds is 4. The zero-order valence-electron chi connectivity index (χ0n) is 11.4. The summed E-state index contributed by atoms with van der Waals surface area (Å²) < 4.78 is 6.95. The minimum Gasteiger partial charge on any atom is -0.340 e. The van der Waals surface area contributed by atoms with Crippen molar-refractivity contribution in [1.29, 1.82) is 5.26 Å². The van der Waals surface area contributed by atoms with Gasteiger partial charge in [-0.15, -0.1) is 11.6 Å². The Morgan fingerprint density at radius 1 is 1.38 bits per heavy atom. The van der Waals surface area contributed by atoms with E-state index < -0.39 is 0 Å². The average molecular weight is 302 g/mol. The first kappa shape index (κ1) is 13.6. The Morgan fingerprint density at radius 3 is 2.90 bits per heavy atom. The topological polar surface area (TPSA) is 80.5 Å². The number of imidazole rings is 1. The normalized spacial score (nSPS) is 10.9. The van der Waals surface area contributed by atoms with Crippen LogP contribution in [0.2, 0.25) is 0 Å². The van der Waals surface area contributed by atoms with Crippen molar-refractivity contribution in [3.63, 3.8) is 0 Å². The molecule has 0 aliphatic heterocycles. The van der Waals surface area contributed by atoms with E-state index in [1.54, 1.807) is 13.0 Å². The first-order valence-corrected chi connectivity index (χ1v) is 6.99. The molecule has 0 N–H and O–H groups in total. The van der Waals surface area contributed by atoms with E-state index in [1.165, 1.54) is 0 Å². The molecule has 3 aromatic rings. The number of aromatic nitrogens is 4. The molecule has 1 aromatic carbocycles. The number of nitrogens with zero attached hydrogens (tertiary/aromatic N) is 5. The summed E-state index contributed by atoms with van der Waals surface area (Å²) in [6, 6.07) is 7.54. The molecule has 7 heteroatoms. The van der Waals surface area contributed by atoms with Crippen LogP contribution in [-0.2, 0) is 18.8 Å². The Labute approximate surface area is 126 Å². The van der Waals surface area contributed by atoms with Gasteiger partial charge in [0.2, 0.25) is 5.89 Å². The quantitative estimate of drug-likeness (QED) is 0.692. The van der Waals surface area contributed by atoms with Gasteiger partial charge in [0.15, 0.2) is 5.82 Å². The number of hydrogen-bond acceptors (Lipinski definition) is 5. The van der Waals surface area contributed by atoms with Crippen LogP contribution >= 0.6 is 11.6 Å². The highest BCUT2D eigenvalue weighted by Crippen LogP contribution is 2.19. The van der Waals surface area contributed by atoms with Crippen LogP contribution in [0.25, 0.3) is 11.0 Å². The van der Waals surface area contributed by atoms with E-state index in [2.05, 4.69) is 21.2 Å². The van der Waals surface area contributed by atoms with Gasteiger partial charge in [-0.05, 0) is 18.2 Å². The summed E-state index contributed by atoms with van der Waals surface area (Å²) >= 11 is 5.96. The number of nitriles is 1. The molecule has 0 unspecified atom stereocenters. The van der Waals surface area contributed by atoms with Gasteiger partial charge in [-0.2, -0.15) is 10.2 Å². The Kier molecular flexibility index (Phi) is 3.59. The molecular formula is C14H12ClN5O. The molecule has 106 valence electrons. The van der Waals surface area contributed by atoms with Crippen molar-refractivity contribution in [1.82, 2.24) is 19.7 Å². The van der Waals surface area contributed by atoms with E-state index in [0.717, 1.165) is 16.9 Å². The Morgan fingerprint density at radius 2 is 2.24 bits per heavy atom. The molecule has 0 radical (unpaired) electrons. The van der Waals surface area contributed by atoms with E-state index in [9.17, 15) is 0 Å². The number of alkyl halides is 1. The SMILES string of the molecule is Cc1nc(CCn2c(CCl)nc3ccc(C#N)cc32)no1. The van der Waals surface area contributed by atoms with E-state index >= 15 is 0 Å². The summed E-state index contributed by atoms with van der Waals surface area (Å²) in [6.45, 7) is 2.39. The summed E-state index contributed by atoms with van der Waals surface area (Å²) in [5.41, 5.74) is 2.32. The maximum atomic E-state index is 9.02. The van der Waals surface area contributed by atoms with Gasteiger partial charge in [-0.25, -0.2) is 4.98 Å². The predicted octanol–water partition coefficient (Wildman–Crippen LogP) is 2.58. The molecule has 2 heterocycles. The van der Waals surface area contributed by atoms with Crippen LogP contribution in [0.5, 0.6) is 0 Å². The zero-order valence-corrected chi connectivity index (χ0v) is 12.1. The molecular weight excluding hydrogens is 290 g/mol. The standard InChI is InChI=1S/C14H12ClN5O/c1-9-17-13(19-21-9)4-5-20-12-6-10(8-16)2-3-11(12)18-14(20)7-15/h2-3,6H,4-5,7H2,1H3. The fourth-order valence-electron chi connectivity index (χ4n) is 2.25. The highest BCUT2D eigenvalue weighted by molar-refractivity contribution is 6.16. The van der Waals surface area contributed by atoms with Crippen LogP contribution in [-0.4, -0.2) is 19.7 Å². The van der Waals surface area contributed by atoms with Crippen molar-refractivity contribution in [3.8, 4) is 6.07 Å². The molecule has 6 nitrogen and oxygen atoms in total. The molecule has 0 spiro atoms. The summed E-state index contributed by atoms with van der Waals surface area (Å²) in [4.78, 5) is 8.66.